The van der Waals surface area contributed by atoms with Gasteiger partial charge in [-0.1, -0.05) is 6.07 Å². The highest BCUT2D eigenvalue weighted by molar-refractivity contribution is 5.73. The second-order valence-corrected chi connectivity index (χ2v) is 3.20. The predicted octanol–water partition coefficient (Wildman–Crippen LogP) is 0.928. The predicted molar refractivity (Wildman–Crippen MR) is 52.2 cm³/mol. The van der Waals surface area contributed by atoms with Gasteiger partial charge in [0.25, 0.3) is 0 Å². The molecular weight excluding hydrogens is 220 g/mol. The third-order valence-electron chi connectivity index (χ3n) is 2.09. The van der Waals surface area contributed by atoms with Crippen molar-refractivity contribution in [3.05, 3.63) is 29.3 Å². The number of hydrogen-bond donors (Lipinski definition) is 2. The van der Waals surface area contributed by atoms with Gasteiger partial charge in [-0.2, -0.15) is 0 Å². The van der Waals surface area contributed by atoms with Crippen LogP contribution in [-0.2, 0) is 11.2 Å². The first kappa shape index (κ1) is 12.4. The number of rotatable bonds is 4. The lowest BCUT2D eigenvalue weighted by Crippen LogP contribution is -2.32. The van der Waals surface area contributed by atoms with Crippen molar-refractivity contribution in [3.8, 4) is 5.75 Å². The summed E-state index contributed by atoms with van der Waals surface area (Å²) in [6.07, 6.45) is -0.224. The SMILES string of the molecule is COc1c(F)ccc(CC(N)C(=O)O)c1F. The number of benzene rings is 1. The first-order chi connectivity index (χ1) is 7.47. The number of ether oxygens (including phenoxy) is 1. The molecule has 0 saturated carbocycles. The number of carbonyl (C=O) groups is 1. The summed E-state index contributed by atoms with van der Waals surface area (Å²) in [5.74, 6) is -3.54. The summed E-state index contributed by atoms with van der Waals surface area (Å²) in [6.45, 7) is 0. The molecule has 1 unspecified atom stereocenters. The van der Waals surface area contributed by atoms with Crippen molar-refractivity contribution >= 4 is 5.97 Å². The van der Waals surface area contributed by atoms with E-state index in [0.29, 0.717) is 0 Å². The fourth-order valence-corrected chi connectivity index (χ4v) is 1.24. The van der Waals surface area contributed by atoms with Crippen LogP contribution < -0.4 is 10.5 Å². The summed E-state index contributed by atoms with van der Waals surface area (Å²) in [5.41, 5.74) is 5.25. The molecule has 0 fully saturated rings. The fraction of sp³-hybridized carbons (Fsp3) is 0.300. The van der Waals surface area contributed by atoms with Crippen molar-refractivity contribution in [1.82, 2.24) is 0 Å². The van der Waals surface area contributed by atoms with Crippen LogP contribution in [0.3, 0.4) is 0 Å². The molecule has 0 aliphatic rings. The van der Waals surface area contributed by atoms with E-state index in [1.807, 2.05) is 0 Å². The highest BCUT2D eigenvalue weighted by Crippen LogP contribution is 2.24. The zero-order valence-corrected chi connectivity index (χ0v) is 8.54. The van der Waals surface area contributed by atoms with Gasteiger partial charge in [0.1, 0.15) is 6.04 Å². The molecule has 1 rings (SSSR count). The Morgan fingerprint density at radius 1 is 1.56 bits per heavy atom. The van der Waals surface area contributed by atoms with Crippen LogP contribution in [-0.4, -0.2) is 24.2 Å². The van der Waals surface area contributed by atoms with Crippen LogP contribution >= 0.6 is 0 Å². The Balaban J connectivity index is 3.02. The van der Waals surface area contributed by atoms with Crippen molar-refractivity contribution in [1.29, 1.82) is 0 Å². The minimum absolute atomic E-state index is 0.00755. The second-order valence-electron chi connectivity index (χ2n) is 3.20. The molecule has 88 valence electrons. The molecule has 0 bridgehead atoms. The van der Waals surface area contributed by atoms with Crippen molar-refractivity contribution in [2.45, 2.75) is 12.5 Å². The normalized spacial score (nSPS) is 12.2. The summed E-state index contributed by atoms with van der Waals surface area (Å²) in [5, 5.41) is 8.56. The number of methoxy groups -OCH3 is 1. The largest absolute Gasteiger partial charge is 0.491 e. The zero-order chi connectivity index (χ0) is 12.3. The van der Waals surface area contributed by atoms with Crippen molar-refractivity contribution in [2.75, 3.05) is 7.11 Å². The maximum atomic E-state index is 13.5. The van der Waals surface area contributed by atoms with E-state index in [1.54, 1.807) is 0 Å². The van der Waals surface area contributed by atoms with Crippen LogP contribution in [0.15, 0.2) is 12.1 Å². The van der Waals surface area contributed by atoms with Gasteiger partial charge >= 0.3 is 5.97 Å². The minimum atomic E-state index is -1.25. The van der Waals surface area contributed by atoms with Crippen molar-refractivity contribution in [2.24, 2.45) is 5.73 Å². The van der Waals surface area contributed by atoms with E-state index in [-0.39, 0.29) is 12.0 Å². The molecule has 1 aromatic carbocycles. The molecule has 0 spiro atoms. The Labute approximate surface area is 90.6 Å². The summed E-state index contributed by atoms with van der Waals surface area (Å²) < 4.78 is 31.1. The molecule has 6 heteroatoms. The molecule has 0 amide bonds. The highest BCUT2D eigenvalue weighted by Gasteiger charge is 2.19. The summed E-state index contributed by atoms with van der Waals surface area (Å²) in [7, 11) is 1.13. The van der Waals surface area contributed by atoms with Gasteiger partial charge in [0.05, 0.1) is 7.11 Å². The zero-order valence-electron chi connectivity index (χ0n) is 8.54. The highest BCUT2D eigenvalue weighted by atomic mass is 19.1. The van der Waals surface area contributed by atoms with E-state index >= 15 is 0 Å². The van der Waals surface area contributed by atoms with E-state index < -0.39 is 29.4 Å². The van der Waals surface area contributed by atoms with Gasteiger partial charge < -0.3 is 15.6 Å². The lowest BCUT2D eigenvalue weighted by molar-refractivity contribution is -0.138. The van der Waals surface area contributed by atoms with E-state index in [2.05, 4.69) is 4.74 Å². The molecule has 4 nitrogen and oxygen atoms in total. The van der Waals surface area contributed by atoms with Gasteiger partial charge in [0.15, 0.2) is 17.4 Å². The smallest absolute Gasteiger partial charge is 0.320 e. The standard InChI is InChI=1S/C10H11F2NO3/c1-16-9-6(11)3-2-5(8(9)12)4-7(13)10(14)15/h2-3,7H,4,13H2,1H3,(H,14,15). The number of carboxylic acid groups (broad SMARTS) is 1. The maximum Gasteiger partial charge on any atom is 0.320 e. The molecular formula is C10H11F2NO3. The monoisotopic (exact) mass is 231 g/mol. The Bertz CT molecular complexity index is 409. The second kappa shape index (κ2) is 4.89. The molecule has 0 aromatic heterocycles. The van der Waals surface area contributed by atoms with Gasteiger partial charge in [-0.15, -0.1) is 0 Å². The third kappa shape index (κ3) is 2.46. The molecule has 3 N–H and O–H groups in total. The van der Waals surface area contributed by atoms with Crippen LogP contribution in [0.5, 0.6) is 5.75 Å². The number of hydrogen-bond acceptors (Lipinski definition) is 3. The van der Waals surface area contributed by atoms with Gasteiger partial charge in [-0.25, -0.2) is 8.78 Å². The average Bonchev–Trinajstić information content (AvgIpc) is 2.22. The van der Waals surface area contributed by atoms with Crippen molar-refractivity contribution < 1.29 is 23.4 Å². The maximum absolute atomic E-state index is 13.5. The van der Waals surface area contributed by atoms with E-state index in [1.165, 1.54) is 0 Å². The van der Waals surface area contributed by atoms with Gasteiger partial charge in [0, 0.05) is 6.42 Å². The molecule has 1 aromatic rings. The summed E-state index contributed by atoms with van der Waals surface area (Å²) in [6, 6.07) is 0.923. The number of carboxylic acids is 1. The minimum Gasteiger partial charge on any atom is -0.491 e. The average molecular weight is 231 g/mol. The summed E-state index contributed by atoms with van der Waals surface area (Å²) in [4.78, 5) is 10.5. The van der Waals surface area contributed by atoms with Gasteiger partial charge in [-0.3, -0.25) is 4.79 Å². The van der Waals surface area contributed by atoms with Crippen LogP contribution in [0.2, 0.25) is 0 Å². The lowest BCUT2D eigenvalue weighted by atomic mass is 10.1. The first-order valence-electron chi connectivity index (χ1n) is 4.46. The molecule has 0 saturated heterocycles. The van der Waals surface area contributed by atoms with Crippen molar-refractivity contribution in [3.63, 3.8) is 0 Å². The molecule has 1 atom stereocenters. The fourth-order valence-electron chi connectivity index (χ4n) is 1.24. The molecule has 0 radical (unpaired) electrons. The molecule has 0 aliphatic carbocycles. The third-order valence-corrected chi connectivity index (χ3v) is 2.09. The Hall–Kier alpha value is -1.69. The van der Waals surface area contributed by atoms with E-state index in [9.17, 15) is 13.6 Å². The topological polar surface area (TPSA) is 72.5 Å². The van der Waals surface area contributed by atoms with Crippen LogP contribution in [0.1, 0.15) is 5.56 Å². The quantitative estimate of drug-likeness (QED) is 0.808. The van der Waals surface area contributed by atoms with Gasteiger partial charge in [-0.05, 0) is 11.6 Å². The molecule has 0 heterocycles. The van der Waals surface area contributed by atoms with E-state index in [0.717, 1.165) is 19.2 Å². The van der Waals surface area contributed by atoms with Crippen LogP contribution in [0.25, 0.3) is 0 Å². The lowest BCUT2D eigenvalue weighted by Gasteiger charge is -2.10. The van der Waals surface area contributed by atoms with E-state index in [4.69, 9.17) is 10.8 Å². The Kier molecular flexibility index (Phi) is 3.78. The summed E-state index contributed by atoms with van der Waals surface area (Å²) >= 11 is 0. The van der Waals surface area contributed by atoms with Crippen LogP contribution in [0, 0.1) is 11.6 Å². The number of halogens is 2. The van der Waals surface area contributed by atoms with Crippen LogP contribution in [0.4, 0.5) is 8.78 Å². The van der Waals surface area contributed by atoms with Gasteiger partial charge in [0.2, 0.25) is 0 Å². The Morgan fingerprint density at radius 2 is 2.19 bits per heavy atom. The molecule has 0 aliphatic heterocycles. The first-order valence-corrected chi connectivity index (χ1v) is 4.46. The molecule has 16 heavy (non-hydrogen) atoms. The Morgan fingerprint density at radius 3 is 2.69 bits per heavy atom. The number of nitrogens with two attached hydrogens (primary N) is 1. The number of aliphatic carboxylic acids is 1.